The second kappa shape index (κ2) is 8.68. The van der Waals surface area contributed by atoms with E-state index in [4.69, 9.17) is 9.47 Å². The summed E-state index contributed by atoms with van der Waals surface area (Å²) < 4.78 is 10.6. The number of aromatic nitrogens is 2. The summed E-state index contributed by atoms with van der Waals surface area (Å²) in [5.41, 5.74) is 0.323. The zero-order chi connectivity index (χ0) is 19.2. The maximum Gasteiger partial charge on any atom is 0.264 e. The Bertz CT molecular complexity index is 751. The summed E-state index contributed by atoms with van der Waals surface area (Å²) in [7, 11) is 3.02. The van der Waals surface area contributed by atoms with Gasteiger partial charge in [-0.1, -0.05) is 13.0 Å². The van der Waals surface area contributed by atoms with Crippen molar-refractivity contribution in [2.75, 3.05) is 57.2 Å². The topological polar surface area (TPSA) is 79.8 Å². The van der Waals surface area contributed by atoms with Crippen molar-refractivity contribution in [3.05, 3.63) is 35.9 Å². The third-order valence-electron chi connectivity index (χ3n) is 4.69. The zero-order valence-electron chi connectivity index (χ0n) is 15.9. The molecule has 1 aliphatic heterocycles. The predicted molar refractivity (Wildman–Crippen MR) is 104 cm³/mol. The fourth-order valence-corrected chi connectivity index (χ4v) is 3.11. The third kappa shape index (κ3) is 4.28. The number of amides is 1. The van der Waals surface area contributed by atoms with Crippen LogP contribution in [0.15, 0.2) is 30.3 Å². The van der Waals surface area contributed by atoms with Crippen molar-refractivity contribution in [1.29, 1.82) is 0 Å². The first-order valence-electron chi connectivity index (χ1n) is 8.99. The lowest BCUT2D eigenvalue weighted by atomic mass is 10.1. The zero-order valence-corrected chi connectivity index (χ0v) is 15.9. The lowest BCUT2D eigenvalue weighted by molar-refractivity contribution is 0.102. The molecule has 0 aliphatic carbocycles. The van der Waals surface area contributed by atoms with Crippen molar-refractivity contribution < 1.29 is 14.3 Å². The largest absolute Gasteiger partial charge is 0.496 e. The minimum Gasteiger partial charge on any atom is -0.496 e. The summed E-state index contributed by atoms with van der Waals surface area (Å²) >= 11 is 0. The smallest absolute Gasteiger partial charge is 0.264 e. The number of hydrogen-bond acceptors (Lipinski definition) is 7. The van der Waals surface area contributed by atoms with Crippen LogP contribution in [0.5, 0.6) is 11.5 Å². The number of ether oxygens (including phenoxy) is 2. The Hall–Kier alpha value is -2.87. The molecule has 2 heterocycles. The van der Waals surface area contributed by atoms with Crippen molar-refractivity contribution in [1.82, 2.24) is 15.1 Å². The van der Waals surface area contributed by atoms with E-state index in [9.17, 15) is 4.79 Å². The van der Waals surface area contributed by atoms with Gasteiger partial charge in [0, 0.05) is 26.2 Å². The highest BCUT2D eigenvalue weighted by molar-refractivity contribution is 6.07. The maximum absolute atomic E-state index is 12.7. The van der Waals surface area contributed by atoms with Crippen LogP contribution in [0.2, 0.25) is 0 Å². The van der Waals surface area contributed by atoms with Gasteiger partial charge in [0.1, 0.15) is 17.1 Å². The number of piperazine rings is 1. The number of nitrogens with zero attached hydrogens (tertiary/aromatic N) is 4. The summed E-state index contributed by atoms with van der Waals surface area (Å²) in [5, 5.41) is 11.2. The van der Waals surface area contributed by atoms with Crippen LogP contribution in [0.4, 0.5) is 11.6 Å². The SMILES string of the molecule is CCN1CCN(c2ccc(NC(=O)c3c(OC)cccc3OC)nn2)CC1. The van der Waals surface area contributed by atoms with Gasteiger partial charge in [0.25, 0.3) is 5.91 Å². The summed E-state index contributed by atoms with van der Waals surface area (Å²) in [6, 6.07) is 8.82. The lowest BCUT2D eigenvalue weighted by Gasteiger charge is -2.34. The average molecular weight is 371 g/mol. The van der Waals surface area contributed by atoms with Gasteiger partial charge in [0.15, 0.2) is 11.6 Å². The molecule has 0 spiro atoms. The van der Waals surface area contributed by atoms with Crippen LogP contribution in [-0.2, 0) is 0 Å². The van der Waals surface area contributed by atoms with Crippen LogP contribution in [0.1, 0.15) is 17.3 Å². The van der Waals surface area contributed by atoms with Gasteiger partial charge in [0.05, 0.1) is 14.2 Å². The number of nitrogens with one attached hydrogen (secondary N) is 1. The number of methoxy groups -OCH3 is 2. The Kier molecular flexibility index (Phi) is 6.08. The molecule has 1 N–H and O–H groups in total. The number of hydrogen-bond donors (Lipinski definition) is 1. The standard InChI is InChI=1S/C19H25N5O3/c1-4-23-10-12-24(13-11-23)17-9-8-16(21-22-17)20-19(25)18-14(26-2)6-5-7-15(18)27-3/h5-9H,4,10-13H2,1-3H3,(H,20,21,25). The van der Waals surface area contributed by atoms with Gasteiger partial charge in [0.2, 0.25) is 0 Å². The minimum absolute atomic E-state index is 0.323. The van der Waals surface area contributed by atoms with Crippen LogP contribution >= 0.6 is 0 Å². The van der Waals surface area contributed by atoms with Crippen molar-refractivity contribution >= 4 is 17.5 Å². The molecule has 144 valence electrons. The van der Waals surface area contributed by atoms with E-state index in [1.807, 2.05) is 6.07 Å². The van der Waals surface area contributed by atoms with Crippen molar-refractivity contribution in [2.45, 2.75) is 6.92 Å². The number of likely N-dealkylation sites (N-methyl/N-ethyl adjacent to an activating group) is 1. The molecule has 8 heteroatoms. The van der Waals surface area contributed by atoms with Crippen LogP contribution in [0.25, 0.3) is 0 Å². The molecule has 0 saturated carbocycles. The number of rotatable bonds is 6. The second-order valence-corrected chi connectivity index (χ2v) is 6.19. The lowest BCUT2D eigenvalue weighted by Crippen LogP contribution is -2.46. The van der Waals surface area contributed by atoms with E-state index >= 15 is 0 Å². The van der Waals surface area contributed by atoms with Gasteiger partial charge in [-0.3, -0.25) is 4.79 Å². The molecule has 0 unspecified atom stereocenters. The summed E-state index contributed by atoms with van der Waals surface area (Å²) in [4.78, 5) is 17.3. The quantitative estimate of drug-likeness (QED) is 0.830. The molecule has 2 aromatic rings. The van der Waals surface area contributed by atoms with Crippen LogP contribution in [-0.4, -0.2) is 67.9 Å². The van der Waals surface area contributed by atoms with E-state index in [0.717, 1.165) is 38.5 Å². The molecule has 1 aromatic carbocycles. The van der Waals surface area contributed by atoms with E-state index in [1.165, 1.54) is 14.2 Å². The van der Waals surface area contributed by atoms with Crippen LogP contribution in [0.3, 0.4) is 0 Å². The number of anilines is 2. The van der Waals surface area contributed by atoms with Gasteiger partial charge in [-0.15, -0.1) is 10.2 Å². The maximum atomic E-state index is 12.7. The van der Waals surface area contributed by atoms with Gasteiger partial charge >= 0.3 is 0 Å². The Labute approximate surface area is 159 Å². The van der Waals surface area contributed by atoms with E-state index < -0.39 is 0 Å². The predicted octanol–water partition coefficient (Wildman–Crippen LogP) is 1.89. The Balaban J connectivity index is 1.69. The minimum atomic E-state index is -0.358. The highest BCUT2D eigenvalue weighted by Gasteiger charge is 2.20. The Morgan fingerprint density at radius 1 is 1.04 bits per heavy atom. The van der Waals surface area contributed by atoms with E-state index in [1.54, 1.807) is 24.3 Å². The summed E-state index contributed by atoms with van der Waals surface area (Å²) in [6.45, 7) is 7.12. The molecular weight excluding hydrogens is 346 g/mol. The molecule has 27 heavy (non-hydrogen) atoms. The van der Waals surface area contributed by atoms with Crippen molar-refractivity contribution in [3.63, 3.8) is 0 Å². The summed E-state index contributed by atoms with van der Waals surface area (Å²) in [6.07, 6.45) is 0. The summed E-state index contributed by atoms with van der Waals surface area (Å²) in [5.74, 6) is 1.71. The van der Waals surface area contributed by atoms with E-state index in [2.05, 4.69) is 32.2 Å². The fourth-order valence-electron chi connectivity index (χ4n) is 3.11. The van der Waals surface area contributed by atoms with Crippen molar-refractivity contribution in [3.8, 4) is 11.5 Å². The molecule has 1 aromatic heterocycles. The normalized spacial score (nSPS) is 14.7. The van der Waals surface area contributed by atoms with Crippen LogP contribution in [0, 0.1) is 0 Å². The first-order valence-corrected chi connectivity index (χ1v) is 8.99. The number of carbonyl (C=O) groups is 1. The van der Waals surface area contributed by atoms with Gasteiger partial charge in [-0.25, -0.2) is 0 Å². The van der Waals surface area contributed by atoms with E-state index in [-0.39, 0.29) is 5.91 Å². The highest BCUT2D eigenvalue weighted by atomic mass is 16.5. The molecule has 3 rings (SSSR count). The molecule has 0 atom stereocenters. The van der Waals surface area contributed by atoms with Crippen LogP contribution < -0.4 is 19.7 Å². The van der Waals surface area contributed by atoms with Gasteiger partial charge in [-0.2, -0.15) is 0 Å². The Morgan fingerprint density at radius 2 is 1.70 bits per heavy atom. The molecule has 1 saturated heterocycles. The molecular formula is C19H25N5O3. The van der Waals surface area contributed by atoms with E-state index in [0.29, 0.717) is 22.9 Å². The fraction of sp³-hybridized carbons (Fsp3) is 0.421. The Morgan fingerprint density at radius 3 is 2.22 bits per heavy atom. The van der Waals surface area contributed by atoms with Gasteiger partial charge in [-0.05, 0) is 30.8 Å². The van der Waals surface area contributed by atoms with Gasteiger partial charge < -0.3 is 24.6 Å². The molecule has 1 amide bonds. The van der Waals surface area contributed by atoms with Crippen molar-refractivity contribution in [2.24, 2.45) is 0 Å². The monoisotopic (exact) mass is 371 g/mol. The highest BCUT2D eigenvalue weighted by Crippen LogP contribution is 2.28. The molecule has 1 fully saturated rings. The average Bonchev–Trinajstić information content (AvgIpc) is 2.73. The second-order valence-electron chi connectivity index (χ2n) is 6.19. The first-order chi connectivity index (χ1) is 13.2. The molecule has 0 radical (unpaired) electrons. The number of carbonyl (C=O) groups excluding carboxylic acids is 1. The molecule has 1 aliphatic rings. The molecule has 0 bridgehead atoms. The molecule has 8 nitrogen and oxygen atoms in total. The third-order valence-corrected chi connectivity index (χ3v) is 4.69. The first kappa shape index (κ1) is 18.9. The number of benzene rings is 1.